The molecule has 0 radical (unpaired) electrons. The van der Waals surface area contributed by atoms with Crippen LogP contribution >= 0.6 is 0 Å². The number of amides is 2. The van der Waals surface area contributed by atoms with E-state index in [1.54, 1.807) is 48.0 Å². The van der Waals surface area contributed by atoms with Crippen molar-refractivity contribution in [2.75, 3.05) is 47.8 Å². The minimum atomic E-state index is -2.39. The molecule has 18 heteroatoms. The molecule has 14 atom stereocenters. The maximum Gasteiger partial charge on any atom is 0.406 e. The molecule has 0 spiro atoms. The highest BCUT2D eigenvalue weighted by Gasteiger charge is 2.53. The van der Waals surface area contributed by atoms with Crippen molar-refractivity contribution in [2.24, 2.45) is 29.6 Å². The topological polar surface area (TPSA) is 243 Å². The number of aliphatic hydroxyl groups is 2. The molecule has 0 aromatic rings. The van der Waals surface area contributed by atoms with E-state index < -0.39 is 71.8 Å². The molecule has 0 aromatic heterocycles. The number of carbonyl (C=O) groups is 6. The highest BCUT2D eigenvalue weighted by atomic mass is 16.6. The zero-order chi connectivity index (χ0) is 50.0. The molecule has 4 N–H and O–H groups in total. The highest BCUT2D eigenvalue weighted by molar-refractivity contribution is 6.39. The third kappa shape index (κ3) is 16.6. The van der Waals surface area contributed by atoms with Crippen LogP contribution in [0.1, 0.15) is 132 Å². The van der Waals surface area contributed by atoms with E-state index in [0.717, 1.165) is 6.42 Å². The average Bonchev–Trinajstić information content (AvgIpc) is 3.31. The number of nitrogens with zero attached hydrogens (tertiary/aromatic N) is 1. The normalized spacial score (nSPS) is 28.0. The van der Waals surface area contributed by atoms with E-state index in [1.165, 1.54) is 12.0 Å². The minimum absolute atomic E-state index is 0.0828. The molecule has 384 valence electrons. The SMILES string of the molecule is CC[C@H](C[C@@H]1CC[C@@H](C)[C@](O)(C(=O)C(=O)N2CCCC[C@H]2C(=O)O[C@@H](CC(=O)[C@H](C)/C=C(\C)[C@@H](O)[C@@H](OC)C(=O)[C@H](C)CC)[C@@H](C)C[C@H]2CC[C@@H](OCCOCNC(=O)O)[C@H](OC)C2)O1)OC. The van der Waals surface area contributed by atoms with Crippen molar-refractivity contribution in [3.63, 3.8) is 0 Å². The molecule has 67 heavy (non-hydrogen) atoms. The number of likely N-dealkylation sites (tertiary alicyclic amines) is 1. The summed E-state index contributed by atoms with van der Waals surface area (Å²) in [6.45, 7) is 12.8. The second kappa shape index (κ2) is 28.3. The first-order valence-corrected chi connectivity index (χ1v) is 24.4. The molecule has 1 aliphatic carbocycles. The summed E-state index contributed by atoms with van der Waals surface area (Å²) < 4.78 is 40.4. The Labute approximate surface area is 397 Å². The van der Waals surface area contributed by atoms with Gasteiger partial charge in [-0.25, -0.2) is 9.59 Å². The highest BCUT2D eigenvalue weighted by Crippen LogP contribution is 2.38. The third-order valence-electron chi connectivity index (χ3n) is 14.2. The van der Waals surface area contributed by atoms with Crippen LogP contribution in [0, 0.1) is 29.6 Å². The van der Waals surface area contributed by atoms with E-state index in [9.17, 15) is 39.0 Å². The lowest BCUT2D eigenvalue weighted by Crippen LogP contribution is -2.61. The number of allylic oxidation sites excluding steroid dienone is 1. The van der Waals surface area contributed by atoms with Crippen molar-refractivity contribution in [3.8, 4) is 0 Å². The Hall–Kier alpha value is -3.36. The number of ether oxygens (including phenoxy) is 7. The largest absolute Gasteiger partial charge is 0.465 e. The summed E-state index contributed by atoms with van der Waals surface area (Å²) in [4.78, 5) is 81.5. The van der Waals surface area contributed by atoms with Gasteiger partial charge in [0, 0.05) is 52.0 Å². The molecule has 2 amide bonds. The van der Waals surface area contributed by atoms with Crippen LogP contribution in [0.3, 0.4) is 0 Å². The predicted molar refractivity (Wildman–Crippen MR) is 246 cm³/mol. The number of carboxylic acid groups (broad SMARTS) is 1. The number of piperidine rings is 1. The molecule has 0 bridgehead atoms. The summed E-state index contributed by atoms with van der Waals surface area (Å²) in [6, 6.07) is -1.15. The van der Waals surface area contributed by atoms with Crippen molar-refractivity contribution in [3.05, 3.63) is 11.6 Å². The number of hydrogen-bond donors (Lipinski definition) is 4. The summed E-state index contributed by atoms with van der Waals surface area (Å²) in [5.41, 5.74) is 0.383. The molecular weight excluding hydrogens is 873 g/mol. The van der Waals surface area contributed by atoms with Gasteiger partial charge < -0.3 is 53.4 Å². The number of esters is 1. The van der Waals surface area contributed by atoms with E-state index in [0.29, 0.717) is 69.8 Å². The van der Waals surface area contributed by atoms with Gasteiger partial charge in [-0.05, 0) is 101 Å². The van der Waals surface area contributed by atoms with Gasteiger partial charge in [-0.15, -0.1) is 0 Å². The van der Waals surface area contributed by atoms with Gasteiger partial charge in [-0.3, -0.25) is 24.5 Å². The molecule has 0 aromatic carbocycles. The van der Waals surface area contributed by atoms with Gasteiger partial charge in [0.05, 0.1) is 37.6 Å². The van der Waals surface area contributed by atoms with Gasteiger partial charge in [0.25, 0.3) is 11.7 Å². The number of nitrogens with one attached hydrogen (secondary N) is 1. The Morgan fingerprint density at radius 3 is 2.25 bits per heavy atom. The number of methoxy groups -OCH3 is 3. The molecule has 0 unspecified atom stereocenters. The van der Waals surface area contributed by atoms with Crippen molar-refractivity contribution in [2.45, 2.75) is 186 Å². The second-order valence-electron chi connectivity index (χ2n) is 19.0. The van der Waals surface area contributed by atoms with Crippen LogP contribution in [0.4, 0.5) is 4.79 Å². The standard InChI is InChI=1S/C49H82N2O16/c1-11-29(3)42(53)44(63-10)43(54)32(6)23-30(4)38(52)27-40(31(5)24-34-17-19-39(41(25-34)62-9)65-22-21-64-28-50-48(58)59)66-47(57)37-15-13-14-20-51(37)46(56)45(55)49(60)33(7)16-18-36(67-49)26-35(12-2)61-8/h23,29-31,33-37,39-41,43-44,50,54,60H,11-22,24-28H2,1-10H3,(H,58,59)/b32-23+/t29-,30-,31+,33-,34-,35-,36+,37+,39-,40+,41-,43-,44+,49-/m1/s1. The summed E-state index contributed by atoms with van der Waals surface area (Å²) in [7, 11) is 4.55. The fourth-order valence-corrected chi connectivity index (χ4v) is 9.57. The molecule has 2 aliphatic heterocycles. The molecule has 2 saturated heterocycles. The predicted octanol–water partition coefficient (Wildman–Crippen LogP) is 5.17. The first-order chi connectivity index (χ1) is 31.8. The van der Waals surface area contributed by atoms with Gasteiger partial charge in [0.15, 0.2) is 5.78 Å². The van der Waals surface area contributed by atoms with Crippen LogP contribution in [0.5, 0.6) is 0 Å². The van der Waals surface area contributed by atoms with E-state index >= 15 is 0 Å². The Morgan fingerprint density at radius 2 is 1.63 bits per heavy atom. The Bertz CT molecular complexity index is 1640. The van der Waals surface area contributed by atoms with Crippen LogP contribution in [0.25, 0.3) is 0 Å². The van der Waals surface area contributed by atoms with Crippen LogP contribution in [-0.4, -0.2) is 158 Å². The third-order valence-corrected chi connectivity index (χ3v) is 14.2. The zero-order valence-corrected chi connectivity index (χ0v) is 41.7. The lowest BCUT2D eigenvalue weighted by Gasteiger charge is -2.42. The van der Waals surface area contributed by atoms with Crippen LogP contribution in [-0.2, 0) is 57.1 Å². The first-order valence-electron chi connectivity index (χ1n) is 24.4. The van der Waals surface area contributed by atoms with Gasteiger partial charge in [0.2, 0.25) is 5.79 Å². The number of Topliss-reactive ketones (excluding diaryl/α,β-unsaturated/α-hetero) is 3. The van der Waals surface area contributed by atoms with E-state index in [2.05, 4.69) is 5.32 Å². The molecule has 3 aliphatic rings. The van der Waals surface area contributed by atoms with Crippen LogP contribution in [0.15, 0.2) is 11.6 Å². The Balaban J connectivity index is 1.84. The van der Waals surface area contributed by atoms with Crippen molar-refractivity contribution >= 4 is 35.3 Å². The molecule has 3 fully saturated rings. The summed E-state index contributed by atoms with van der Waals surface area (Å²) in [5.74, 6) is -7.88. The van der Waals surface area contributed by atoms with Crippen molar-refractivity contribution in [1.29, 1.82) is 0 Å². The first kappa shape index (κ1) is 58.0. The van der Waals surface area contributed by atoms with E-state index in [4.69, 9.17) is 38.3 Å². The lowest BCUT2D eigenvalue weighted by atomic mass is 9.78. The van der Waals surface area contributed by atoms with Gasteiger partial charge in [-0.2, -0.15) is 0 Å². The average molecular weight is 955 g/mol. The summed E-state index contributed by atoms with van der Waals surface area (Å²) in [5, 5.41) is 33.8. The quantitative estimate of drug-likeness (QED) is 0.0260. The molecule has 1 saturated carbocycles. The van der Waals surface area contributed by atoms with Gasteiger partial charge in [0.1, 0.15) is 36.9 Å². The monoisotopic (exact) mass is 955 g/mol. The Kier molecular flexibility index (Phi) is 24.5. The molecular formula is C49H82N2O16. The van der Waals surface area contributed by atoms with Gasteiger partial charge >= 0.3 is 12.1 Å². The summed E-state index contributed by atoms with van der Waals surface area (Å²) >= 11 is 0. The van der Waals surface area contributed by atoms with E-state index in [1.807, 2.05) is 20.8 Å². The molecule has 2 heterocycles. The summed E-state index contributed by atoms with van der Waals surface area (Å²) in [6.07, 6.45) is 2.33. The number of carbonyl (C=O) groups excluding carboxylic acids is 5. The molecule has 3 rings (SSSR count). The zero-order valence-electron chi connectivity index (χ0n) is 41.7. The Morgan fingerprint density at radius 1 is 0.910 bits per heavy atom. The van der Waals surface area contributed by atoms with E-state index in [-0.39, 0.29) is 87.0 Å². The smallest absolute Gasteiger partial charge is 0.406 e. The van der Waals surface area contributed by atoms with Crippen molar-refractivity contribution < 1.29 is 77.2 Å². The number of rotatable bonds is 28. The number of hydrogen-bond acceptors (Lipinski definition) is 15. The van der Waals surface area contributed by atoms with Gasteiger partial charge in [-0.1, -0.05) is 47.6 Å². The number of aliphatic hydroxyl groups excluding tert-OH is 1. The number of ketones is 3. The lowest BCUT2D eigenvalue weighted by molar-refractivity contribution is -0.266. The van der Waals surface area contributed by atoms with Crippen LogP contribution < -0.4 is 5.32 Å². The second-order valence-corrected chi connectivity index (χ2v) is 19.0. The maximum atomic E-state index is 14.4. The molecule has 18 nitrogen and oxygen atoms in total. The fraction of sp³-hybridized carbons (Fsp3) is 0.837. The van der Waals surface area contributed by atoms with Crippen LogP contribution in [0.2, 0.25) is 0 Å². The van der Waals surface area contributed by atoms with Crippen molar-refractivity contribution in [1.82, 2.24) is 10.2 Å². The maximum absolute atomic E-state index is 14.4. The minimum Gasteiger partial charge on any atom is -0.465 e. The fourth-order valence-electron chi connectivity index (χ4n) is 9.57.